The molecule has 0 unspecified atom stereocenters. The molecule has 2 heterocycles. The summed E-state index contributed by atoms with van der Waals surface area (Å²) in [5.74, 6) is 0.0268. The summed E-state index contributed by atoms with van der Waals surface area (Å²) in [6.07, 6.45) is 5.75. The van der Waals surface area contributed by atoms with Crippen LogP contribution < -0.4 is 0 Å². The molecule has 3 aromatic rings. The van der Waals surface area contributed by atoms with E-state index in [1.54, 1.807) is 0 Å². The second kappa shape index (κ2) is 8.97. The second-order valence-corrected chi connectivity index (χ2v) is 7.94. The summed E-state index contributed by atoms with van der Waals surface area (Å²) < 4.78 is 2.01. The molecule has 29 heavy (non-hydrogen) atoms. The van der Waals surface area contributed by atoms with Crippen molar-refractivity contribution in [2.24, 2.45) is 12.0 Å². The second-order valence-electron chi connectivity index (χ2n) is 6.93. The molecular formula is C24H23N3OS. The molecule has 2 aromatic carbocycles. The average Bonchev–Trinajstić information content (AvgIpc) is 3.28. The Balaban J connectivity index is 1.56. The van der Waals surface area contributed by atoms with Crippen LogP contribution in [0.2, 0.25) is 0 Å². The normalized spacial score (nSPS) is 16.9. The van der Waals surface area contributed by atoms with Gasteiger partial charge in [-0.25, -0.2) is 4.99 Å². The van der Waals surface area contributed by atoms with E-state index in [1.165, 1.54) is 17.3 Å². The third-order valence-corrected chi connectivity index (χ3v) is 5.83. The van der Waals surface area contributed by atoms with Crippen molar-refractivity contribution in [1.29, 1.82) is 0 Å². The number of benzene rings is 2. The molecule has 0 spiro atoms. The Bertz CT molecular complexity index is 1040. The van der Waals surface area contributed by atoms with Crippen LogP contribution in [-0.4, -0.2) is 27.1 Å². The molecule has 0 aliphatic carbocycles. The molecule has 1 aliphatic rings. The molecule has 0 N–H and O–H groups in total. The highest BCUT2D eigenvalue weighted by atomic mass is 32.2. The number of hydrogen-bond acceptors (Lipinski definition) is 3. The largest absolute Gasteiger partial charge is 0.351 e. The first-order valence-corrected chi connectivity index (χ1v) is 10.5. The van der Waals surface area contributed by atoms with Crippen molar-refractivity contribution in [3.63, 3.8) is 0 Å². The van der Waals surface area contributed by atoms with E-state index >= 15 is 0 Å². The number of hydrogen-bond donors (Lipinski definition) is 0. The van der Waals surface area contributed by atoms with Gasteiger partial charge in [-0.05, 0) is 60.5 Å². The molecule has 4 nitrogen and oxygen atoms in total. The molecule has 4 rings (SSSR count). The SMILES string of the molecule is Cn1cccc1/C=C1\SC(=Nc2ccccc2)N(CCCc2ccccc2)C1=O. The molecule has 146 valence electrons. The number of nitrogens with zero attached hydrogens (tertiary/aromatic N) is 3. The molecule has 0 atom stereocenters. The molecule has 1 amide bonds. The summed E-state index contributed by atoms with van der Waals surface area (Å²) in [6, 6.07) is 24.2. The number of para-hydroxylation sites is 1. The van der Waals surface area contributed by atoms with Crippen molar-refractivity contribution in [3.8, 4) is 0 Å². The third kappa shape index (κ3) is 4.69. The molecule has 0 saturated carbocycles. The van der Waals surface area contributed by atoms with Crippen LogP contribution >= 0.6 is 11.8 Å². The Morgan fingerprint density at radius 1 is 0.966 bits per heavy atom. The van der Waals surface area contributed by atoms with E-state index in [9.17, 15) is 4.79 Å². The summed E-state index contributed by atoms with van der Waals surface area (Å²) >= 11 is 1.45. The molecular weight excluding hydrogens is 378 g/mol. The maximum atomic E-state index is 13.1. The molecule has 0 bridgehead atoms. The van der Waals surface area contributed by atoms with Crippen molar-refractivity contribution < 1.29 is 4.79 Å². The van der Waals surface area contributed by atoms with Crippen LogP contribution in [-0.2, 0) is 18.3 Å². The first-order chi connectivity index (χ1) is 14.2. The van der Waals surface area contributed by atoms with E-state index in [-0.39, 0.29) is 5.91 Å². The number of aliphatic imine (C=N–C) groups is 1. The van der Waals surface area contributed by atoms with Gasteiger partial charge >= 0.3 is 0 Å². The third-order valence-electron chi connectivity index (χ3n) is 4.82. The van der Waals surface area contributed by atoms with Crippen molar-refractivity contribution >= 4 is 34.6 Å². The number of aromatic nitrogens is 1. The van der Waals surface area contributed by atoms with E-state index in [0.717, 1.165) is 29.4 Å². The number of amidine groups is 1. The standard InChI is InChI=1S/C24H23N3OS/c1-26-16-9-15-21(26)18-22-23(28)27(17-8-12-19-10-4-2-5-11-19)24(29-22)25-20-13-6-3-7-14-20/h2-7,9-11,13-16,18H,8,12,17H2,1H3/b22-18-,25-24?. The highest BCUT2D eigenvalue weighted by Gasteiger charge is 2.33. The van der Waals surface area contributed by atoms with Gasteiger partial charge in [0.1, 0.15) is 0 Å². The molecule has 1 aliphatic heterocycles. The van der Waals surface area contributed by atoms with Crippen molar-refractivity contribution in [2.45, 2.75) is 12.8 Å². The fourth-order valence-corrected chi connectivity index (χ4v) is 4.26. The maximum Gasteiger partial charge on any atom is 0.266 e. The fraction of sp³-hybridized carbons (Fsp3) is 0.167. The van der Waals surface area contributed by atoms with Crippen molar-refractivity contribution in [1.82, 2.24) is 9.47 Å². The van der Waals surface area contributed by atoms with Gasteiger partial charge in [-0.2, -0.15) is 0 Å². The lowest BCUT2D eigenvalue weighted by molar-refractivity contribution is -0.122. The number of rotatable bonds is 6. The van der Waals surface area contributed by atoms with E-state index in [0.29, 0.717) is 11.4 Å². The molecule has 5 heteroatoms. The predicted molar refractivity (Wildman–Crippen MR) is 121 cm³/mol. The number of carbonyl (C=O) groups excluding carboxylic acids is 1. The smallest absolute Gasteiger partial charge is 0.266 e. The Kier molecular flexibility index (Phi) is 5.96. The topological polar surface area (TPSA) is 37.6 Å². The number of thioether (sulfide) groups is 1. The van der Waals surface area contributed by atoms with Crippen molar-refractivity contribution in [3.05, 3.63) is 95.2 Å². The Morgan fingerprint density at radius 2 is 1.69 bits per heavy atom. The van der Waals surface area contributed by atoms with Crippen LogP contribution in [0.1, 0.15) is 17.7 Å². The first-order valence-electron chi connectivity index (χ1n) is 9.71. The van der Waals surface area contributed by atoms with Gasteiger partial charge in [-0.1, -0.05) is 48.5 Å². The van der Waals surface area contributed by atoms with Crippen LogP contribution in [0.25, 0.3) is 6.08 Å². The molecule has 1 saturated heterocycles. The molecule has 1 fully saturated rings. The predicted octanol–water partition coefficient (Wildman–Crippen LogP) is 5.26. The lowest BCUT2D eigenvalue weighted by Gasteiger charge is -2.15. The zero-order valence-electron chi connectivity index (χ0n) is 16.4. The minimum atomic E-state index is 0.0268. The highest BCUT2D eigenvalue weighted by molar-refractivity contribution is 8.18. The Labute approximate surface area is 175 Å². The monoisotopic (exact) mass is 401 g/mol. The quantitative estimate of drug-likeness (QED) is 0.528. The van der Waals surface area contributed by atoms with E-state index in [2.05, 4.69) is 24.3 Å². The van der Waals surface area contributed by atoms with Gasteiger partial charge in [0.25, 0.3) is 5.91 Å². The summed E-state index contributed by atoms with van der Waals surface area (Å²) in [7, 11) is 1.98. The number of amides is 1. The summed E-state index contributed by atoms with van der Waals surface area (Å²) in [4.78, 5) is 20.4. The van der Waals surface area contributed by atoms with Gasteiger partial charge in [0.2, 0.25) is 0 Å². The summed E-state index contributed by atoms with van der Waals surface area (Å²) in [5.41, 5.74) is 3.15. The van der Waals surface area contributed by atoms with Gasteiger partial charge in [-0.15, -0.1) is 0 Å². The first kappa shape index (κ1) is 19.3. The van der Waals surface area contributed by atoms with Crippen LogP contribution in [0, 0.1) is 0 Å². The van der Waals surface area contributed by atoms with Gasteiger partial charge in [0.05, 0.1) is 10.6 Å². The number of carbonyl (C=O) groups is 1. The average molecular weight is 402 g/mol. The fourth-order valence-electron chi connectivity index (χ4n) is 3.25. The van der Waals surface area contributed by atoms with Gasteiger partial charge in [-0.3, -0.25) is 9.69 Å². The lowest BCUT2D eigenvalue weighted by atomic mass is 10.1. The maximum absolute atomic E-state index is 13.1. The van der Waals surface area contributed by atoms with Gasteiger partial charge in [0.15, 0.2) is 5.17 Å². The minimum Gasteiger partial charge on any atom is -0.351 e. The highest BCUT2D eigenvalue weighted by Crippen LogP contribution is 2.34. The van der Waals surface area contributed by atoms with Crippen LogP contribution in [0.5, 0.6) is 0 Å². The summed E-state index contributed by atoms with van der Waals surface area (Å²) in [5, 5.41) is 0.745. The van der Waals surface area contributed by atoms with E-state index in [4.69, 9.17) is 4.99 Å². The zero-order chi connectivity index (χ0) is 20.1. The Hall–Kier alpha value is -3.05. The molecule has 1 aromatic heterocycles. The van der Waals surface area contributed by atoms with E-state index in [1.807, 2.05) is 77.3 Å². The zero-order valence-corrected chi connectivity index (χ0v) is 17.2. The van der Waals surface area contributed by atoms with Crippen molar-refractivity contribution in [2.75, 3.05) is 6.54 Å². The van der Waals surface area contributed by atoms with Gasteiger partial charge in [0, 0.05) is 25.5 Å². The van der Waals surface area contributed by atoms with Crippen LogP contribution in [0.3, 0.4) is 0 Å². The summed E-state index contributed by atoms with van der Waals surface area (Å²) in [6.45, 7) is 0.650. The van der Waals surface area contributed by atoms with Gasteiger partial charge < -0.3 is 4.57 Å². The number of aryl methyl sites for hydroxylation is 2. The lowest BCUT2D eigenvalue weighted by Crippen LogP contribution is -2.30. The van der Waals surface area contributed by atoms with Crippen LogP contribution in [0.4, 0.5) is 5.69 Å². The Morgan fingerprint density at radius 3 is 2.38 bits per heavy atom. The van der Waals surface area contributed by atoms with Crippen LogP contribution in [0.15, 0.2) is 88.9 Å². The van der Waals surface area contributed by atoms with E-state index < -0.39 is 0 Å². The molecule has 0 radical (unpaired) electrons. The minimum absolute atomic E-state index is 0.0268.